The summed E-state index contributed by atoms with van der Waals surface area (Å²) in [5.74, 6) is 0.455. The van der Waals surface area contributed by atoms with Crippen LogP contribution in [0.25, 0.3) is 6.08 Å². The second-order valence-corrected chi connectivity index (χ2v) is 3.71. The van der Waals surface area contributed by atoms with Crippen LogP contribution in [0.2, 0.25) is 0 Å². The fourth-order valence-electron chi connectivity index (χ4n) is 1.10. The maximum atomic E-state index is 4.34. The molecule has 0 atom stereocenters. The van der Waals surface area contributed by atoms with E-state index in [1.807, 2.05) is 18.5 Å². The molecule has 0 aliphatic carbocycles. The van der Waals surface area contributed by atoms with E-state index < -0.39 is 0 Å². The van der Waals surface area contributed by atoms with E-state index in [0.717, 1.165) is 17.8 Å². The summed E-state index contributed by atoms with van der Waals surface area (Å²) in [6, 6.07) is 0. The molecule has 2 heteroatoms. The predicted octanol–water partition coefficient (Wildman–Crippen LogP) is 3.41. The highest BCUT2D eigenvalue weighted by atomic mass is 14.8. The standard InChI is InChI=1S/C12H18N2/c1-4-5-6-7-11-8-14-12(9-13-11)10(2)3/h6-10H,4-5H2,1-3H3/b7-6+. The van der Waals surface area contributed by atoms with Crippen LogP contribution in [0, 0.1) is 0 Å². The molecule has 76 valence electrons. The van der Waals surface area contributed by atoms with E-state index in [-0.39, 0.29) is 0 Å². The molecule has 1 rings (SSSR count). The lowest BCUT2D eigenvalue weighted by atomic mass is 10.1. The van der Waals surface area contributed by atoms with Crippen LogP contribution in [0.1, 0.15) is 50.9 Å². The zero-order valence-corrected chi connectivity index (χ0v) is 9.20. The Labute approximate surface area is 86.1 Å². The fraction of sp³-hybridized carbons (Fsp3) is 0.500. The van der Waals surface area contributed by atoms with Crippen molar-refractivity contribution in [1.82, 2.24) is 9.97 Å². The summed E-state index contributed by atoms with van der Waals surface area (Å²) < 4.78 is 0. The van der Waals surface area contributed by atoms with Crippen molar-refractivity contribution in [3.05, 3.63) is 29.9 Å². The average molecular weight is 190 g/mol. The highest BCUT2D eigenvalue weighted by Crippen LogP contribution is 2.09. The maximum Gasteiger partial charge on any atom is 0.0809 e. The van der Waals surface area contributed by atoms with E-state index in [2.05, 4.69) is 36.8 Å². The Bertz CT molecular complexity index is 286. The van der Waals surface area contributed by atoms with Crippen LogP contribution in [0.15, 0.2) is 18.5 Å². The summed E-state index contributed by atoms with van der Waals surface area (Å²) in [6.45, 7) is 6.41. The van der Waals surface area contributed by atoms with Crippen LogP contribution in [-0.4, -0.2) is 9.97 Å². The minimum absolute atomic E-state index is 0.455. The number of unbranched alkanes of at least 4 members (excludes halogenated alkanes) is 1. The van der Waals surface area contributed by atoms with E-state index in [1.54, 1.807) is 0 Å². The molecule has 0 aliphatic heterocycles. The van der Waals surface area contributed by atoms with Gasteiger partial charge in [0.05, 0.1) is 17.6 Å². The first-order valence-corrected chi connectivity index (χ1v) is 5.22. The third-order valence-electron chi connectivity index (χ3n) is 2.03. The molecule has 2 nitrogen and oxygen atoms in total. The average Bonchev–Trinajstić information content (AvgIpc) is 2.19. The van der Waals surface area contributed by atoms with Crippen LogP contribution < -0.4 is 0 Å². The first kappa shape index (κ1) is 10.9. The van der Waals surface area contributed by atoms with Gasteiger partial charge in [-0.05, 0) is 18.4 Å². The molecule has 0 spiro atoms. The first-order valence-electron chi connectivity index (χ1n) is 5.22. The smallest absolute Gasteiger partial charge is 0.0809 e. The van der Waals surface area contributed by atoms with Crippen molar-refractivity contribution >= 4 is 6.08 Å². The Morgan fingerprint density at radius 2 is 2.07 bits per heavy atom. The number of allylic oxidation sites excluding steroid dienone is 1. The Kier molecular flexibility index (Phi) is 4.30. The Morgan fingerprint density at radius 1 is 1.29 bits per heavy atom. The largest absolute Gasteiger partial charge is 0.257 e. The van der Waals surface area contributed by atoms with Crippen molar-refractivity contribution in [2.24, 2.45) is 0 Å². The van der Waals surface area contributed by atoms with E-state index in [0.29, 0.717) is 5.92 Å². The first-order chi connectivity index (χ1) is 6.74. The molecule has 0 amide bonds. The number of nitrogens with zero attached hydrogens (tertiary/aromatic N) is 2. The van der Waals surface area contributed by atoms with E-state index in [9.17, 15) is 0 Å². The van der Waals surface area contributed by atoms with Gasteiger partial charge in [0.15, 0.2) is 0 Å². The lowest BCUT2D eigenvalue weighted by Crippen LogP contribution is -1.94. The Balaban J connectivity index is 2.64. The highest BCUT2D eigenvalue weighted by molar-refractivity contribution is 5.42. The zero-order valence-electron chi connectivity index (χ0n) is 9.20. The van der Waals surface area contributed by atoms with Crippen molar-refractivity contribution in [2.75, 3.05) is 0 Å². The van der Waals surface area contributed by atoms with E-state index >= 15 is 0 Å². The fourth-order valence-corrected chi connectivity index (χ4v) is 1.10. The Morgan fingerprint density at radius 3 is 2.57 bits per heavy atom. The van der Waals surface area contributed by atoms with Gasteiger partial charge in [0.25, 0.3) is 0 Å². The van der Waals surface area contributed by atoms with Crippen LogP contribution in [0.5, 0.6) is 0 Å². The molecule has 1 heterocycles. The minimum atomic E-state index is 0.455. The van der Waals surface area contributed by atoms with Gasteiger partial charge >= 0.3 is 0 Å². The molecule has 0 saturated heterocycles. The third kappa shape index (κ3) is 3.29. The molecule has 0 N–H and O–H groups in total. The Hall–Kier alpha value is -1.18. The molecular formula is C12H18N2. The molecule has 1 aromatic rings. The van der Waals surface area contributed by atoms with Gasteiger partial charge in [-0.3, -0.25) is 9.97 Å². The quantitative estimate of drug-likeness (QED) is 0.727. The van der Waals surface area contributed by atoms with Crippen molar-refractivity contribution in [3.8, 4) is 0 Å². The van der Waals surface area contributed by atoms with Crippen LogP contribution >= 0.6 is 0 Å². The summed E-state index contributed by atoms with van der Waals surface area (Å²) in [4.78, 5) is 8.67. The number of aromatic nitrogens is 2. The SMILES string of the molecule is CCC/C=C/c1cnc(C(C)C)cn1. The molecule has 14 heavy (non-hydrogen) atoms. The molecule has 0 unspecified atom stereocenters. The topological polar surface area (TPSA) is 25.8 Å². The van der Waals surface area contributed by atoms with Gasteiger partial charge in [-0.15, -0.1) is 0 Å². The number of hydrogen-bond acceptors (Lipinski definition) is 2. The van der Waals surface area contributed by atoms with Gasteiger partial charge in [-0.2, -0.15) is 0 Å². The van der Waals surface area contributed by atoms with Crippen molar-refractivity contribution < 1.29 is 0 Å². The van der Waals surface area contributed by atoms with E-state index in [1.165, 1.54) is 6.42 Å². The minimum Gasteiger partial charge on any atom is -0.257 e. The molecule has 0 radical (unpaired) electrons. The summed E-state index contributed by atoms with van der Waals surface area (Å²) in [5.41, 5.74) is 2.00. The van der Waals surface area contributed by atoms with Crippen LogP contribution in [0.4, 0.5) is 0 Å². The monoisotopic (exact) mass is 190 g/mol. The second kappa shape index (κ2) is 5.53. The van der Waals surface area contributed by atoms with Gasteiger partial charge < -0.3 is 0 Å². The molecule has 0 saturated carbocycles. The summed E-state index contributed by atoms with van der Waals surface area (Å²) in [7, 11) is 0. The van der Waals surface area contributed by atoms with Crippen LogP contribution in [0.3, 0.4) is 0 Å². The summed E-state index contributed by atoms with van der Waals surface area (Å²) in [5, 5.41) is 0. The van der Waals surface area contributed by atoms with Gasteiger partial charge in [0.2, 0.25) is 0 Å². The normalized spacial score (nSPS) is 11.4. The number of rotatable bonds is 4. The van der Waals surface area contributed by atoms with Gasteiger partial charge in [0.1, 0.15) is 0 Å². The molecule has 0 fully saturated rings. The molecular weight excluding hydrogens is 172 g/mol. The lowest BCUT2D eigenvalue weighted by molar-refractivity contribution is 0.810. The van der Waals surface area contributed by atoms with E-state index in [4.69, 9.17) is 0 Å². The van der Waals surface area contributed by atoms with Gasteiger partial charge in [-0.1, -0.05) is 33.3 Å². The lowest BCUT2D eigenvalue weighted by Gasteiger charge is -2.02. The van der Waals surface area contributed by atoms with Gasteiger partial charge in [0, 0.05) is 6.20 Å². The molecule has 0 aromatic carbocycles. The highest BCUT2D eigenvalue weighted by Gasteiger charge is 1.99. The zero-order chi connectivity index (χ0) is 10.4. The van der Waals surface area contributed by atoms with Gasteiger partial charge in [-0.25, -0.2) is 0 Å². The molecule has 0 aliphatic rings. The molecule has 1 aromatic heterocycles. The number of hydrogen-bond donors (Lipinski definition) is 0. The summed E-state index contributed by atoms with van der Waals surface area (Å²) in [6.07, 6.45) is 10.1. The van der Waals surface area contributed by atoms with Crippen molar-refractivity contribution in [3.63, 3.8) is 0 Å². The van der Waals surface area contributed by atoms with Crippen LogP contribution in [-0.2, 0) is 0 Å². The molecule has 0 bridgehead atoms. The third-order valence-corrected chi connectivity index (χ3v) is 2.03. The summed E-state index contributed by atoms with van der Waals surface area (Å²) >= 11 is 0. The second-order valence-electron chi connectivity index (χ2n) is 3.71. The van der Waals surface area contributed by atoms with Crippen molar-refractivity contribution in [2.45, 2.75) is 39.5 Å². The maximum absolute atomic E-state index is 4.34. The van der Waals surface area contributed by atoms with Crippen molar-refractivity contribution in [1.29, 1.82) is 0 Å². The predicted molar refractivity (Wildman–Crippen MR) is 60.1 cm³/mol.